The van der Waals surface area contributed by atoms with Gasteiger partial charge < -0.3 is 15.2 Å². The predicted octanol–water partition coefficient (Wildman–Crippen LogP) is 4.24. The number of nitrogens with one attached hydrogen (secondary N) is 1. The minimum Gasteiger partial charge on any atom is -0.506 e. The second-order valence-electron chi connectivity index (χ2n) is 6.40. The molecule has 146 valence electrons. The molecule has 0 fully saturated rings. The highest BCUT2D eigenvalue weighted by Crippen LogP contribution is 2.30. The van der Waals surface area contributed by atoms with Crippen molar-refractivity contribution in [3.05, 3.63) is 70.1 Å². The molecule has 0 bridgehead atoms. The Morgan fingerprint density at radius 1 is 1.25 bits per heavy atom. The number of halogens is 2. The topological polar surface area (TPSA) is 71.5 Å². The first-order chi connectivity index (χ1) is 13.5. The summed E-state index contributed by atoms with van der Waals surface area (Å²) in [5.41, 5.74) is 1.59. The molecule has 0 radical (unpaired) electrons. The summed E-state index contributed by atoms with van der Waals surface area (Å²) in [7, 11) is 1.60. The zero-order chi connectivity index (χ0) is 20.1. The number of aryl methyl sites for hydroxylation is 1. The van der Waals surface area contributed by atoms with Gasteiger partial charge in [-0.1, -0.05) is 23.7 Å². The fourth-order valence-electron chi connectivity index (χ4n) is 2.91. The Hall–Kier alpha value is -2.70. The number of carbonyl (C=O) groups excluding carboxylic acids is 1. The summed E-state index contributed by atoms with van der Waals surface area (Å²) < 4.78 is 19.4. The van der Waals surface area contributed by atoms with E-state index in [1.807, 2.05) is 0 Å². The van der Waals surface area contributed by atoms with Gasteiger partial charge in [-0.15, -0.1) is 0 Å². The van der Waals surface area contributed by atoms with Crippen LogP contribution in [0.25, 0.3) is 10.9 Å². The summed E-state index contributed by atoms with van der Waals surface area (Å²) in [5.74, 6) is -1.31. The number of rotatable bonds is 7. The van der Waals surface area contributed by atoms with E-state index in [-0.39, 0.29) is 28.8 Å². The van der Waals surface area contributed by atoms with Gasteiger partial charge in [0, 0.05) is 36.9 Å². The van der Waals surface area contributed by atoms with Gasteiger partial charge in [-0.2, -0.15) is 0 Å². The minimum atomic E-state index is -0.534. The number of amides is 1. The van der Waals surface area contributed by atoms with Gasteiger partial charge >= 0.3 is 0 Å². The molecule has 0 atom stereocenters. The normalized spacial score (nSPS) is 11.0. The van der Waals surface area contributed by atoms with Crippen LogP contribution in [0.3, 0.4) is 0 Å². The van der Waals surface area contributed by atoms with Crippen molar-refractivity contribution < 1.29 is 19.0 Å². The van der Waals surface area contributed by atoms with E-state index in [1.165, 1.54) is 12.3 Å². The summed E-state index contributed by atoms with van der Waals surface area (Å²) >= 11 is 5.85. The molecule has 28 heavy (non-hydrogen) atoms. The molecule has 2 N–H and O–H groups in total. The van der Waals surface area contributed by atoms with Crippen LogP contribution in [0.5, 0.6) is 5.75 Å². The maximum atomic E-state index is 14.4. The van der Waals surface area contributed by atoms with Crippen LogP contribution >= 0.6 is 11.6 Å². The molecule has 1 aromatic heterocycles. The van der Waals surface area contributed by atoms with Gasteiger partial charge in [0.05, 0.1) is 0 Å². The zero-order valence-corrected chi connectivity index (χ0v) is 16.1. The third kappa shape index (κ3) is 4.58. The van der Waals surface area contributed by atoms with Crippen molar-refractivity contribution >= 4 is 28.4 Å². The van der Waals surface area contributed by atoms with E-state index in [0.29, 0.717) is 23.6 Å². The summed E-state index contributed by atoms with van der Waals surface area (Å²) in [6, 6.07) is 10.1. The van der Waals surface area contributed by atoms with Crippen LogP contribution in [-0.4, -0.2) is 29.7 Å². The predicted molar refractivity (Wildman–Crippen MR) is 106 cm³/mol. The van der Waals surface area contributed by atoms with Gasteiger partial charge in [0.15, 0.2) is 0 Å². The van der Waals surface area contributed by atoms with Gasteiger partial charge in [0.25, 0.3) is 5.91 Å². The average molecular weight is 403 g/mol. The molecule has 0 aliphatic rings. The van der Waals surface area contributed by atoms with Crippen molar-refractivity contribution in [3.8, 4) is 5.75 Å². The fourth-order valence-corrected chi connectivity index (χ4v) is 3.04. The first-order valence-corrected chi connectivity index (χ1v) is 9.19. The van der Waals surface area contributed by atoms with E-state index in [4.69, 9.17) is 16.3 Å². The van der Waals surface area contributed by atoms with Crippen LogP contribution in [-0.2, 0) is 17.7 Å². The van der Waals surface area contributed by atoms with E-state index in [2.05, 4.69) is 10.3 Å². The van der Waals surface area contributed by atoms with Gasteiger partial charge in [-0.05, 0) is 48.2 Å². The first kappa shape index (κ1) is 20.0. The van der Waals surface area contributed by atoms with Crippen molar-refractivity contribution in [2.75, 3.05) is 13.7 Å². The number of aromatic hydroxyl groups is 1. The van der Waals surface area contributed by atoms with E-state index < -0.39 is 11.7 Å². The van der Waals surface area contributed by atoms with Crippen LogP contribution in [0.2, 0.25) is 5.02 Å². The second-order valence-corrected chi connectivity index (χ2v) is 6.84. The highest BCUT2D eigenvalue weighted by Gasteiger charge is 2.17. The van der Waals surface area contributed by atoms with Crippen molar-refractivity contribution in [2.45, 2.75) is 19.4 Å². The molecule has 3 rings (SSSR count). The Morgan fingerprint density at radius 2 is 2.00 bits per heavy atom. The molecule has 0 saturated heterocycles. The summed E-state index contributed by atoms with van der Waals surface area (Å²) in [6.07, 6.45) is 2.49. The smallest absolute Gasteiger partial charge is 0.256 e. The van der Waals surface area contributed by atoms with E-state index in [0.717, 1.165) is 12.0 Å². The molecular formula is C21H20ClFN2O3. The number of aromatic nitrogens is 1. The van der Waals surface area contributed by atoms with Gasteiger partial charge in [-0.3, -0.25) is 9.78 Å². The van der Waals surface area contributed by atoms with E-state index in [1.54, 1.807) is 37.4 Å². The van der Waals surface area contributed by atoms with Crippen molar-refractivity contribution in [3.63, 3.8) is 0 Å². The summed E-state index contributed by atoms with van der Waals surface area (Å²) in [6.45, 7) is 0.815. The Balaban J connectivity index is 1.83. The average Bonchev–Trinajstić information content (AvgIpc) is 2.68. The minimum absolute atomic E-state index is 0.00472. The third-order valence-corrected chi connectivity index (χ3v) is 4.63. The van der Waals surface area contributed by atoms with Crippen LogP contribution in [0.1, 0.15) is 27.9 Å². The number of carbonyl (C=O) groups is 1. The molecule has 1 amide bonds. The fraction of sp³-hybridized carbons (Fsp3) is 0.238. The van der Waals surface area contributed by atoms with Crippen LogP contribution in [0.15, 0.2) is 42.6 Å². The molecule has 5 nitrogen and oxygen atoms in total. The highest BCUT2D eigenvalue weighted by molar-refractivity contribution is 6.30. The number of methoxy groups -OCH3 is 1. The Morgan fingerprint density at radius 3 is 2.71 bits per heavy atom. The number of ether oxygens (including phenoxy) is 1. The number of benzene rings is 2. The molecule has 0 aliphatic carbocycles. The Kier molecular flexibility index (Phi) is 6.44. The summed E-state index contributed by atoms with van der Waals surface area (Å²) in [4.78, 5) is 16.5. The molecule has 2 aromatic carbocycles. The molecular weight excluding hydrogens is 383 g/mol. The van der Waals surface area contributed by atoms with Crippen LogP contribution < -0.4 is 5.32 Å². The van der Waals surface area contributed by atoms with E-state index >= 15 is 0 Å². The number of nitrogens with zero attached hydrogens (tertiary/aromatic N) is 1. The standard InChI is InChI=1S/C21H20ClFN2O3/c1-28-8-2-3-14-9-16-19(18(23)10-14)24-12-17(20(16)26)21(27)25-11-13-4-6-15(22)7-5-13/h4-7,9-10,12H,2-3,8,11H2,1H3,(H,24,26)(H,25,27). The molecule has 0 spiro atoms. The van der Waals surface area contributed by atoms with E-state index in [9.17, 15) is 14.3 Å². The second kappa shape index (κ2) is 8.99. The SMILES string of the molecule is COCCCc1cc(F)c2ncc(C(=O)NCc3ccc(Cl)cc3)c(O)c2c1. The van der Waals surface area contributed by atoms with Crippen molar-refractivity contribution in [2.24, 2.45) is 0 Å². The lowest BCUT2D eigenvalue weighted by Gasteiger charge is -2.11. The number of hydrogen-bond acceptors (Lipinski definition) is 4. The first-order valence-electron chi connectivity index (χ1n) is 8.81. The lowest BCUT2D eigenvalue weighted by atomic mass is 10.0. The quantitative estimate of drug-likeness (QED) is 0.580. The maximum absolute atomic E-state index is 14.4. The lowest BCUT2D eigenvalue weighted by Crippen LogP contribution is -2.23. The molecule has 0 saturated carbocycles. The van der Waals surface area contributed by atoms with Gasteiger partial charge in [0.1, 0.15) is 22.6 Å². The Bertz CT molecular complexity index is 993. The zero-order valence-electron chi connectivity index (χ0n) is 15.3. The number of pyridine rings is 1. The molecule has 0 aliphatic heterocycles. The number of fused-ring (bicyclic) bond motifs is 1. The number of hydrogen-bond donors (Lipinski definition) is 2. The maximum Gasteiger partial charge on any atom is 0.256 e. The third-order valence-electron chi connectivity index (χ3n) is 4.38. The molecule has 7 heteroatoms. The largest absolute Gasteiger partial charge is 0.506 e. The highest BCUT2D eigenvalue weighted by atomic mass is 35.5. The molecule has 0 unspecified atom stereocenters. The molecule has 3 aromatic rings. The summed E-state index contributed by atoms with van der Waals surface area (Å²) in [5, 5.41) is 14.1. The van der Waals surface area contributed by atoms with Crippen molar-refractivity contribution in [1.82, 2.24) is 10.3 Å². The van der Waals surface area contributed by atoms with Gasteiger partial charge in [-0.25, -0.2) is 4.39 Å². The molecule has 1 heterocycles. The monoisotopic (exact) mass is 402 g/mol. The van der Waals surface area contributed by atoms with Crippen LogP contribution in [0, 0.1) is 5.82 Å². The Labute approximate surface area is 167 Å². The van der Waals surface area contributed by atoms with Crippen molar-refractivity contribution in [1.29, 1.82) is 0 Å². The van der Waals surface area contributed by atoms with Gasteiger partial charge in [0.2, 0.25) is 0 Å². The lowest BCUT2D eigenvalue weighted by molar-refractivity contribution is 0.0948. The van der Waals surface area contributed by atoms with Crippen LogP contribution in [0.4, 0.5) is 4.39 Å².